The van der Waals surface area contributed by atoms with Crippen LogP contribution in [0.5, 0.6) is 0 Å². The van der Waals surface area contributed by atoms with Crippen LogP contribution in [0.25, 0.3) is 5.69 Å². The second-order valence-corrected chi connectivity index (χ2v) is 10.9. The summed E-state index contributed by atoms with van der Waals surface area (Å²) in [5.41, 5.74) is 3.72. The highest BCUT2D eigenvalue weighted by molar-refractivity contribution is 6.30. The lowest BCUT2D eigenvalue weighted by Crippen LogP contribution is -2.46. The Morgan fingerprint density at radius 2 is 1.76 bits per heavy atom. The molecule has 0 atom stereocenters. The Morgan fingerprint density at radius 3 is 2.35 bits per heavy atom. The summed E-state index contributed by atoms with van der Waals surface area (Å²) in [6.45, 7) is 11.0. The lowest BCUT2D eigenvalue weighted by molar-refractivity contribution is -0.135. The molecular formula is C26H38ClN5O2. The van der Waals surface area contributed by atoms with Crippen molar-refractivity contribution in [2.45, 2.75) is 47.0 Å². The normalized spacial score (nSPS) is 15.1. The molecule has 8 heteroatoms. The van der Waals surface area contributed by atoms with Crippen LogP contribution in [-0.4, -0.2) is 71.7 Å². The first kappa shape index (κ1) is 26.2. The molecule has 1 aromatic carbocycles. The molecule has 2 amide bonds. The number of rotatable bonds is 8. The Kier molecular flexibility index (Phi) is 8.42. The Labute approximate surface area is 208 Å². The van der Waals surface area contributed by atoms with Crippen LogP contribution in [-0.2, 0) is 16.0 Å². The van der Waals surface area contributed by atoms with E-state index in [1.54, 1.807) is 0 Å². The third-order valence-corrected chi connectivity index (χ3v) is 6.80. The SMILES string of the molecule is Cc1nn(-c2ccc(Cl)cc2)c(C)c1CC(=O)N1CCC(C(=O)NCC(C)(C)CN(C)C)CC1. The van der Waals surface area contributed by atoms with Gasteiger partial charge in [-0.25, -0.2) is 4.68 Å². The molecule has 1 fully saturated rings. The Morgan fingerprint density at radius 1 is 1.15 bits per heavy atom. The van der Waals surface area contributed by atoms with Crippen molar-refractivity contribution < 1.29 is 9.59 Å². The molecule has 2 heterocycles. The molecule has 1 aromatic heterocycles. The van der Waals surface area contributed by atoms with Gasteiger partial charge in [0.2, 0.25) is 11.8 Å². The molecule has 0 bridgehead atoms. The van der Waals surface area contributed by atoms with Crippen molar-refractivity contribution in [3.63, 3.8) is 0 Å². The van der Waals surface area contributed by atoms with Crippen molar-refractivity contribution in [3.05, 3.63) is 46.2 Å². The maximum absolute atomic E-state index is 13.1. The van der Waals surface area contributed by atoms with E-state index in [1.807, 2.05) is 61.8 Å². The zero-order valence-corrected chi connectivity index (χ0v) is 22.1. The second-order valence-electron chi connectivity index (χ2n) is 10.5. The zero-order valence-electron chi connectivity index (χ0n) is 21.3. The average Bonchev–Trinajstić information content (AvgIpc) is 3.05. The van der Waals surface area contributed by atoms with Crippen molar-refractivity contribution in [1.29, 1.82) is 0 Å². The highest BCUT2D eigenvalue weighted by Gasteiger charge is 2.29. The first-order valence-electron chi connectivity index (χ1n) is 12.0. The topological polar surface area (TPSA) is 70.5 Å². The summed E-state index contributed by atoms with van der Waals surface area (Å²) in [4.78, 5) is 29.8. The fourth-order valence-electron chi connectivity index (χ4n) is 4.80. The summed E-state index contributed by atoms with van der Waals surface area (Å²) >= 11 is 6.01. The van der Waals surface area contributed by atoms with Gasteiger partial charge in [0.15, 0.2) is 0 Å². The molecule has 0 aliphatic carbocycles. The van der Waals surface area contributed by atoms with Crippen LogP contribution < -0.4 is 5.32 Å². The number of hydrogen-bond donors (Lipinski definition) is 1. The van der Waals surface area contributed by atoms with Gasteiger partial charge in [0, 0.05) is 48.4 Å². The largest absolute Gasteiger partial charge is 0.355 e. The molecule has 0 spiro atoms. The van der Waals surface area contributed by atoms with Gasteiger partial charge in [-0.15, -0.1) is 0 Å². The smallest absolute Gasteiger partial charge is 0.227 e. The Hall–Kier alpha value is -2.38. The third-order valence-electron chi connectivity index (χ3n) is 6.54. The molecule has 0 radical (unpaired) electrons. The lowest BCUT2D eigenvalue weighted by Gasteiger charge is -2.33. The van der Waals surface area contributed by atoms with Crippen molar-refractivity contribution in [2.24, 2.45) is 11.3 Å². The first-order chi connectivity index (χ1) is 16.0. The minimum absolute atomic E-state index is 0.0159. The highest BCUT2D eigenvalue weighted by Crippen LogP contribution is 2.23. The molecule has 1 N–H and O–H groups in total. The molecular weight excluding hydrogens is 450 g/mol. The summed E-state index contributed by atoms with van der Waals surface area (Å²) < 4.78 is 1.86. The average molecular weight is 488 g/mol. The summed E-state index contributed by atoms with van der Waals surface area (Å²) in [6.07, 6.45) is 1.72. The number of nitrogens with zero attached hydrogens (tertiary/aromatic N) is 4. The molecule has 186 valence electrons. The number of halogens is 1. The molecule has 34 heavy (non-hydrogen) atoms. The van der Waals surface area contributed by atoms with Gasteiger partial charge in [-0.3, -0.25) is 9.59 Å². The molecule has 3 rings (SSSR count). The van der Waals surface area contributed by atoms with E-state index in [9.17, 15) is 9.59 Å². The lowest BCUT2D eigenvalue weighted by atomic mass is 9.91. The minimum atomic E-state index is -0.0321. The number of likely N-dealkylation sites (tertiary alicyclic amines) is 1. The number of benzene rings is 1. The Balaban J connectivity index is 1.54. The Bertz CT molecular complexity index is 1000. The maximum atomic E-state index is 13.1. The fourth-order valence-corrected chi connectivity index (χ4v) is 4.93. The number of nitrogens with one attached hydrogen (secondary N) is 1. The van der Waals surface area contributed by atoms with E-state index < -0.39 is 0 Å². The summed E-state index contributed by atoms with van der Waals surface area (Å²) in [5, 5.41) is 8.45. The van der Waals surface area contributed by atoms with E-state index in [2.05, 4.69) is 29.2 Å². The number of aryl methyl sites for hydroxylation is 1. The van der Waals surface area contributed by atoms with Gasteiger partial charge in [-0.1, -0.05) is 25.4 Å². The fraction of sp³-hybridized carbons (Fsp3) is 0.577. The van der Waals surface area contributed by atoms with Gasteiger partial charge in [0.05, 0.1) is 17.8 Å². The summed E-state index contributed by atoms with van der Waals surface area (Å²) in [5.74, 6) is 0.165. The minimum Gasteiger partial charge on any atom is -0.355 e. The van der Waals surface area contributed by atoms with Crippen LogP contribution in [0.4, 0.5) is 0 Å². The van der Waals surface area contributed by atoms with Crippen molar-refractivity contribution >= 4 is 23.4 Å². The molecule has 1 aliphatic heterocycles. The van der Waals surface area contributed by atoms with Crippen LogP contribution in [0.15, 0.2) is 24.3 Å². The standard InChI is InChI=1S/C26H38ClN5O2/c1-18-23(19(2)32(29-18)22-9-7-21(27)8-10-22)15-24(33)31-13-11-20(12-14-31)25(34)28-16-26(3,4)17-30(5)6/h7-10,20H,11-17H2,1-6H3,(H,28,34). The number of carbonyl (C=O) groups excluding carboxylic acids is 2. The van der Waals surface area contributed by atoms with Gasteiger partial charge >= 0.3 is 0 Å². The van der Waals surface area contributed by atoms with Gasteiger partial charge in [0.1, 0.15) is 0 Å². The summed E-state index contributed by atoms with van der Waals surface area (Å²) in [7, 11) is 4.09. The van der Waals surface area contributed by atoms with Crippen LogP contribution in [0.1, 0.15) is 43.6 Å². The monoisotopic (exact) mass is 487 g/mol. The predicted octanol–water partition coefficient (Wildman–Crippen LogP) is 3.63. The zero-order chi connectivity index (χ0) is 25.0. The van der Waals surface area contributed by atoms with E-state index >= 15 is 0 Å². The van der Waals surface area contributed by atoms with Gasteiger partial charge < -0.3 is 15.1 Å². The van der Waals surface area contributed by atoms with Gasteiger partial charge in [0.25, 0.3) is 0 Å². The number of aromatic nitrogens is 2. The van der Waals surface area contributed by atoms with Crippen LogP contribution in [0.3, 0.4) is 0 Å². The van der Waals surface area contributed by atoms with E-state index in [1.165, 1.54) is 0 Å². The molecule has 0 saturated carbocycles. The van der Waals surface area contributed by atoms with Crippen LogP contribution in [0.2, 0.25) is 5.02 Å². The van der Waals surface area contributed by atoms with Crippen LogP contribution in [0, 0.1) is 25.2 Å². The quantitative estimate of drug-likeness (QED) is 0.617. The van der Waals surface area contributed by atoms with Crippen molar-refractivity contribution in [3.8, 4) is 5.69 Å². The highest BCUT2D eigenvalue weighted by atomic mass is 35.5. The molecule has 7 nitrogen and oxygen atoms in total. The number of hydrogen-bond acceptors (Lipinski definition) is 4. The predicted molar refractivity (Wildman–Crippen MR) is 136 cm³/mol. The maximum Gasteiger partial charge on any atom is 0.227 e. The molecule has 1 aliphatic rings. The van der Waals surface area contributed by atoms with Crippen molar-refractivity contribution in [2.75, 3.05) is 40.3 Å². The summed E-state index contributed by atoms with van der Waals surface area (Å²) in [6, 6.07) is 7.51. The molecule has 1 saturated heterocycles. The van der Waals surface area contributed by atoms with E-state index in [-0.39, 0.29) is 23.1 Å². The second kappa shape index (κ2) is 10.9. The van der Waals surface area contributed by atoms with Gasteiger partial charge in [-0.05, 0) is 70.5 Å². The number of carbonyl (C=O) groups is 2. The van der Waals surface area contributed by atoms with Crippen molar-refractivity contribution in [1.82, 2.24) is 24.9 Å². The molecule has 2 aromatic rings. The van der Waals surface area contributed by atoms with E-state index in [4.69, 9.17) is 11.6 Å². The van der Waals surface area contributed by atoms with Crippen LogP contribution >= 0.6 is 11.6 Å². The first-order valence-corrected chi connectivity index (χ1v) is 12.4. The molecule has 0 unspecified atom stereocenters. The van der Waals surface area contributed by atoms with Gasteiger partial charge in [-0.2, -0.15) is 5.10 Å². The third kappa shape index (κ3) is 6.60. The number of piperidine rings is 1. The van der Waals surface area contributed by atoms with E-state index in [0.29, 0.717) is 43.9 Å². The van der Waals surface area contributed by atoms with E-state index in [0.717, 1.165) is 29.2 Å². The number of amides is 2.